The minimum Gasteiger partial charge on any atom is -0.381 e. The highest BCUT2D eigenvalue weighted by Gasteiger charge is 2.42. The van der Waals surface area contributed by atoms with E-state index in [1.165, 1.54) is 5.56 Å². The number of rotatable bonds is 4. The highest BCUT2D eigenvalue weighted by atomic mass is 32.1. The van der Waals surface area contributed by atoms with E-state index in [2.05, 4.69) is 11.2 Å². The highest BCUT2D eigenvalue weighted by Crippen LogP contribution is 2.46. The third kappa shape index (κ3) is 3.49. The Hall–Kier alpha value is -2.51. The highest BCUT2D eigenvalue weighted by molar-refractivity contribution is 7.10. The van der Waals surface area contributed by atoms with Gasteiger partial charge in [0.1, 0.15) is 0 Å². The van der Waals surface area contributed by atoms with Crippen molar-refractivity contribution in [3.8, 4) is 0 Å². The third-order valence-electron chi connectivity index (χ3n) is 5.81. The van der Waals surface area contributed by atoms with Gasteiger partial charge in [-0.1, -0.05) is 28.9 Å². The summed E-state index contributed by atoms with van der Waals surface area (Å²) in [6.07, 6.45) is 2.09. The molecule has 0 bridgehead atoms. The molecule has 0 unspecified atom stereocenters. The second-order valence-electron chi connectivity index (χ2n) is 7.76. The molecule has 0 saturated carbocycles. The zero-order valence-electron chi connectivity index (χ0n) is 16.3. The van der Waals surface area contributed by atoms with E-state index in [9.17, 15) is 4.79 Å². The molecule has 2 saturated heterocycles. The first-order valence-corrected chi connectivity index (χ1v) is 10.9. The van der Waals surface area contributed by atoms with Crippen LogP contribution in [0.5, 0.6) is 0 Å². The number of amides is 1. The number of carbonyl (C=O) groups excluding carboxylic acids is 1. The Kier molecular flexibility index (Phi) is 4.93. The Morgan fingerprint density at radius 1 is 1.17 bits per heavy atom. The SMILES string of the molecule is Cc1ccc(N2C(=O)CC[C@H](c3nc([C@@H]4CCOC4)no3)[C@@H]2c2cccs2)cc1. The minimum atomic E-state index is -0.146. The number of aromatic nitrogens is 2. The smallest absolute Gasteiger partial charge is 0.232 e. The first-order chi connectivity index (χ1) is 14.2. The van der Waals surface area contributed by atoms with Gasteiger partial charge in [0, 0.05) is 29.5 Å². The molecule has 0 aliphatic carbocycles. The summed E-state index contributed by atoms with van der Waals surface area (Å²) in [5.41, 5.74) is 2.08. The lowest BCUT2D eigenvalue weighted by atomic mass is 9.87. The molecule has 2 aromatic heterocycles. The van der Waals surface area contributed by atoms with Gasteiger partial charge in [0.15, 0.2) is 5.82 Å². The van der Waals surface area contributed by atoms with Crippen LogP contribution in [0.15, 0.2) is 46.3 Å². The molecule has 29 heavy (non-hydrogen) atoms. The monoisotopic (exact) mass is 409 g/mol. The second kappa shape index (κ2) is 7.72. The van der Waals surface area contributed by atoms with E-state index in [0.29, 0.717) is 25.3 Å². The molecule has 6 nitrogen and oxygen atoms in total. The number of ether oxygens (including phenoxy) is 1. The van der Waals surface area contributed by atoms with E-state index in [0.717, 1.165) is 29.4 Å². The maximum Gasteiger partial charge on any atom is 0.232 e. The summed E-state index contributed by atoms with van der Waals surface area (Å²) in [5.74, 6) is 1.64. The van der Waals surface area contributed by atoms with Crippen LogP contribution in [0.4, 0.5) is 5.69 Å². The van der Waals surface area contributed by atoms with Gasteiger partial charge in [0.05, 0.1) is 18.6 Å². The largest absolute Gasteiger partial charge is 0.381 e. The number of thiophene rings is 1. The van der Waals surface area contributed by atoms with Crippen molar-refractivity contribution in [1.82, 2.24) is 10.1 Å². The number of piperidine rings is 1. The Balaban J connectivity index is 1.54. The van der Waals surface area contributed by atoms with Gasteiger partial charge in [-0.2, -0.15) is 4.98 Å². The average molecular weight is 410 g/mol. The van der Waals surface area contributed by atoms with E-state index in [4.69, 9.17) is 14.2 Å². The predicted octanol–water partition coefficient (Wildman–Crippen LogP) is 4.60. The zero-order chi connectivity index (χ0) is 19.8. The van der Waals surface area contributed by atoms with Crippen molar-refractivity contribution in [2.24, 2.45) is 0 Å². The molecule has 4 heterocycles. The summed E-state index contributed by atoms with van der Waals surface area (Å²) in [6.45, 7) is 3.44. The zero-order valence-corrected chi connectivity index (χ0v) is 17.1. The number of anilines is 1. The van der Waals surface area contributed by atoms with Crippen molar-refractivity contribution in [1.29, 1.82) is 0 Å². The topological polar surface area (TPSA) is 68.5 Å². The quantitative estimate of drug-likeness (QED) is 0.630. The molecule has 2 aliphatic heterocycles. The third-order valence-corrected chi connectivity index (χ3v) is 6.76. The van der Waals surface area contributed by atoms with Crippen LogP contribution in [0.25, 0.3) is 0 Å². The van der Waals surface area contributed by atoms with Crippen LogP contribution in [-0.4, -0.2) is 29.3 Å². The number of hydrogen-bond acceptors (Lipinski definition) is 6. The fourth-order valence-corrected chi connectivity index (χ4v) is 5.13. The predicted molar refractivity (Wildman–Crippen MR) is 110 cm³/mol. The number of carbonyl (C=O) groups is 1. The Bertz CT molecular complexity index is 977. The molecule has 7 heteroatoms. The lowest BCUT2D eigenvalue weighted by Crippen LogP contribution is -2.42. The van der Waals surface area contributed by atoms with Crippen molar-refractivity contribution in [2.75, 3.05) is 18.1 Å². The fourth-order valence-electron chi connectivity index (χ4n) is 4.25. The molecule has 5 rings (SSSR count). The maximum absolute atomic E-state index is 13.0. The summed E-state index contributed by atoms with van der Waals surface area (Å²) in [7, 11) is 0. The van der Waals surface area contributed by atoms with Gasteiger partial charge in [-0.15, -0.1) is 11.3 Å². The molecule has 0 spiro atoms. The molecular formula is C22H23N3O3S. The summed E-state index contributed by atoms with van der Waals surface area (Å²) >= 11 is 1.66. The normalized spacial score (nSPS) is 24.9. The number of aryl methyl sites for hydroxylation is 1. The number of nitrogens with zero attached hydrogens (tertiary/aromatic N) is 3. The van der Waals surface area contributed by atoms with Crippen molar-refractivity contribution in [2.45, 2.75) is 44.1 Å². The van der Waals surface area contributed by atoms with E-state index in [-0.39, 0.29) is 23.8 Å². The minimum absolute atomic E-state index is 0.0313. The first-order valence-electron chi connectivity index (χ1n) is 10.0. The molecule has 150 valence electrons. The molecule has 1 aromatic carbocycles. The molecular weight excluding hydrogens is 386 g/mol. The number of benzene rings is 1. The van der Waals surface area contributed by atoms with Crippen molar-refractivity contribution in [3.05, 3.63) is 63.9 Å². The van der Waals surface area contributed by atoms with Crippen molar-refractivity contribution >= 4 is 22.9 Å². The summed E-state index contributed by atoms with van der Waals surface area (Å²) in [4.78, 5) is 20.8. The molecule has 3 atom stereocenters. The van der Waals surface area contributed by atoms with Crippen LogP contribution in [-0.2, 0) is 9.53 Å². The van der Waals surface area contributed by atoms with Gasteiger partial charge < -0.3 is 14.2 Å². The van der Waals surface area contributed by atoms with Gasteiger partial charge in [-0.05, 0) is 43.3 Å². The van der Waals surface area contributed by atoms with Crippen LogP contribution in [0.1, 0.15) is 59.3 Å². The lowest BCUT2D eigenvalue weighted by molar-refractivity contribution is -0.120. The summed E-state index contributed by atoms with van der Waals surface area (Å²) in [6, 6.07) is 12.1. The van der Waals surface area contributed by atoms with Gasteiger partial charge in [0.25, 0.3) is 0 Å². The van der Waals surface area contributed by atoms with E-state index in [1.807, 2.05) is 47.5 Å². The molecule has 3 aromatic rings. The van der Waals surface area contributed by atoms with E-state index >= 15 is 0 Å². The Morgan fingerprint density at radius 3 is 2.76 bits per heavy atom. The van der Waals surface area contributed by atoms with Gasteiger partial charge >= 0.3 is 0 Å². The van der Waals surface area contributed by atoms with Crippen molar-refractivity contribution in [3.63, 3.8) is 0 Å². The molecule has 1 amide bonds. The van der Waals surface area contributed by atoms with Gasteiger partial charge in [-0.25, -0.2) is 0 Å². The first kappa shape index (κ1) is 18.5. The maximum atomic E-state index is 13.0. The van der Waals surface area contributed by atoms with Crippen LogP contribution in [0, 0.1) is 6.92 Å². The second-order valence-corrected chi connectivity index (χ2v) is 8.74. The van der Waals surface area contributed by atoms with E-state index < -0.39 is 0 Å². The van der Waals surface area contributed by atoms with Crippen LogP contribution in [0.3, 0.4) is 0 Å². The lowest BCUT2D eigenvalue weighted by Gasteiger charge is -2.39. The van der Waals surface area contributed by atoms with Crippen LogP contribution < -0.4 is 4.90 Å². The van der Waals surface area contributed by atoms with Crippen LogP contribution >= 0.6 is 11.3 Å². The van der Waals surface area contributed by atoms with Crippen LogP contribution in [0.2, 0.25) is 0 Å². The van der Waals surface area contributed by atoms with Gasteiger partial charge in [-0.3, -0.25) is 4.79 Å². The Morgan fingerprint density at radius 2 is 2.03 bits per heavy atom. The summed E-state index contributed by atoms with van der Waals surface area (Å²) < 4.78 is 11.2. The average Bonchev–Trinajstić information content (AvgIpc) is 3.50. The van der Waals surface area contributed by atoms with E-state index in [1.54, 1.807) is 11.3 Å². The number of hydrogen-bond donors (Lipinski definition) is 0. The molecule has 0 radical (unpaired) electrons. The molecule has 0 N–H and O–H groups in total. The van der Waals surface area contributed by atoms with Crippen molar-refractivity contribution < 1.29 is 14.1 Å². The summed E-state index contributed by atoms with van der Waals surface area (Å²) in [5, 5.41) is 6.30. The molecule has 2 fully saturated rings. The fraction of sp³-hybridized carbons (Fsp3) is 0.409. The standard InChI is InChI=1S/C22H23N3O3S/c1-14-4-6-16(7-5-14)25-19(26)9-8-17(20(25)18-3-2-12-29-18)22-23-21(24-28-22)15-10-11-27-13-15/h2-7,12,15,17,20H,8-11,13H2,1H3/t15-,17+,20-/m1/s1. The molecule has 2 aliphatic rings. The van der Waals surface area contributed by atoms with Gasteiger partial charge in [0.2, 0.25) is 11.8 Å². The Labute approximate surface area is 173 Å².